The number of rotatable bonds is 16. The Morgan fingerprint density at radius 1 is 0.789 bits per heavy atom. The van der Waals surface area contributed by atoms with E-state index in [0.29, 0.717) is 0 Å². The van der Waals surface area contributed by atoms with E-state index in [1.54, 1.807) is 12.1 Å². The van der Waals surface area contributed by atoms with Crippen LogP contribution in [0.2, 0.25) is 0 Å². The van der Waals surface area contributed by atoms with Crippen molar-refractivity contribution in [3.63, 3.8) is 0 Å². The monoisotopic (exact) mass is 535 g/mol. The highest BCUT2D eigenvalue weighted by atomic mass is 16.4. The molecule has 9 N–H and O–H groups in total. The molecule has 12 heteroatoms. The van der Waals surface area contributed by atoms with Crippen molar-refractivity contribution < 1.29 is 34.2 Å². The molecule has 38 heavy (non-hydrogen) atoms. The van der Waals surface area contributed by atoms with Crippen LogP contribution in [-0.4, -0.2) is 64.0 Å². The highest BCUT2D eigenvalue weighted by Gasteiger charge is 2.31. The molecule has 0 radical (unpaired) electrons. The van der Waals surface area contributed by atoms with Crippen LogP contribution in [0.1, 0.15) is 58.9 Å². The Kier molecular flexibility index (Phi) is 13.2. The van der Waals surface area contributed by atoms with E-state index in [0.717, 1.165) is 5.56 Å². The Bertz CT molecular complexity index is 965. The molecule has 0 heterocycles. The van der Waals surface area contributed by atoms with Gasteiger partial charge in [-0.2, -0.15) is 0 Å². The number of carboxylic acid groups (broad SMARTS) is 1. The minimum absolute atomic E-state index is 0.0157. The van der Waals surface area contributed by atoms with E-state index in [-0.39, 0.29) is 49.7 Å². The Morgan fingerprint density at radius 3 is 1.66 bits per heavy atom. The molecule has 0 fully saturated rings. The molecule has 0 bridgehead atoms. The zero-order chi connectivity index (χ0) is 29.0. The highest BCUT2D eigenvalue weighted by Crippen LogP contribution is 2.12. The van der Waals surface area contributed by atoms with Crippen molar-refractivity contribution in [1.82, 2.24) is 16.0 Å². The van der Waals surface area contributed by atoms with Crippen LogP contribution in [-0.2, 0) is 30.4 Å². The molecule has 0 aliphatic carbocycles. The van der Waals surface area contributed by atoms with Crippen LogP contribution in [0, 0.1) is 11.8 Å². The minimum atomic E-state index is -1.36. The van der Waals surface area contributed by atoms with E-state index in [1.165, 1.54) is 12.1 Å². The van der Waals surface area contributed by atoms with E-state index in [1.807, 2.05) is 27.7 Å². The smallest absolute Gasteiger partial charge is 0.326 e. The van der Waals surface area contributed by atoms with Crippen molar-refractivity contribution in [2.45, 2.75) is 84.0 Å². The van der Waals surface area contributed by atoms with E-state index < -0.39 is 53.8 Å². The molecule has 0 aromatic heterocycles. The van der Waals surface area contributed by atoms with Crippen LogP contribution in [0.4, 0.5) is 0 Å². The molecule has 212 valence electrons. The average Bonchev–Trinajstić information content (AvgIpc) is 2.81. The first-order chi connectivity index (χ1) is 17.7. The van der Waals surface area contributed by atoms with Crippen molar-refractivity contribution >= 4 is 29.6 Å². The van der Waals surface area contributed by atoms with Crippen molar-refractivity contribution in [3.05, 3.63) is 29.8 Å². The molecule has 0 saturated carbocycles. The fourth-order valence-corrected chi connectivity index (χ4v) is 3.75. The second kappa shape index (κ2) is 15.6. The third kappa shape index (κ3) is 12.0. The Morgan fingerprint density at radius 2 is 1.24 bits per heavy atom. The summed E-state index contributed by atoms with van der Waals surface area (Å²) in [6, 6.07) is 1.88. The van der Waals surface area contributed by atoms with Gasteiger partial charge in [-0.1, -0.05) is 39.8 Å². The molecular formula is C26H41N5O7. The number of benzene rings is 1. The third-order valence-corrected chi connectivity index (χ3v) is 5.70. The second-order valence-electron chi connectivity index (χ2n) is 10.3. The topological polar surface area (TPSA) is 214 Å². The predicted octanol–water partition coefficient (Wildman–Crippen LogP) is 0.159. The van der Waals surface area contributed by atoms with Crippen LogP contribution >= 0.6 is 0 Å². The lowest BCUT2D eigenvalue weighted by Gasteiger charge is -2.27. The fourth-order valence-electron chi connectivity index (χ4n) is 3.75. The summed E-state index contributed by atoms with van der Waals surface area (Å²) in [5, 5.41) is 26.5. The van der Waals surface area contributed by atoms with E-state index in [9.17, 15) is 34.2 Å². The summed E-state index contributed by atoms with van der Waals surface area (Å²) in [6.45, 7) is 7.42. The summed E-state index contributed by atoms with van der Waals surface area (Å²) in [6.07, 6.45) is 0.246. The SMILES string of the molecule is CC(C)CC(NC(=O)C(N)Cc1ccc(O)cc1)C(=O)NC(CC(C)C)C(=O)NC(CCC(N)=O)C(=O)O. The van der Waals surface area contributed by atoms with Gasteiger partial charge in [0.15, 0.2) is 0 Å². The van der Waals surface area contributed by atoms with Crippen LogP contribution in [0.3, 0.4) is 0 Å². The largest absolute Gasteiger partial charge is 0.508 e. The number of carbonyl (C=O) groups excluding carboxylic acids is 4. The lowest BCUT2D eigenvalue weighted by molar-refractivity contribution is -0.142. The molecule has 4 atom stereocenters. The lowest BCUT2D eigenvalue weighted by atomic mass is 9.99. The van der Waals surface area contributed by atoms with Gasteiger partial charge in [-0.25, -0.2) is 4.79 Å². The summed E-state index contributed by atoms with van der Waals surface area (Å²) >= 11 is 0. The van der Waals surface area contributed by atoms with Gasteiger partial charge in [0.25, 0.3) is 0 Å². The average molecular weight is 536 g/mol. The fraction of sp³-hybridized carbons (Fsp3) is 0.577. The van der Waals surface area contributed by atoms with Crippen molar-refractivity contribution in [1.29, 1.82) is 0 Å². The first-order valence-electron chi connectivity index (χ1n) is 12.6. The molecule has 1 aromatic carbocycles. The van der Waals surface area contributed by atoms with Gasteiger partial charge in [0.05, 0.1) is 6.04 Å². The molecule has 0 aliphatic rings. The van der Waals surface area contributed by atoms with Crippen molar-refractivity contribution in [2.75, 3.05) is 0 Å². The second-order valence-corrected chi connectivity index (χ2v) is 10.3. The number of nitrogens with two attached hydrogens (primary N) is 2. The zero-order valence-corrected chi connectivity index (χ0v) is 22.4. The summed E-state index contributed by atoms with van der Waals surface area (Å²) < 4.78 is 0. The lowest BCUT2D eigenvalue weighted by Crippen LogP contribution is -2.57. The van der Waals surface area contributed by atoms with Crippen LogP contribution in [0.5, 0.6) is 5.75 Å². The van der Waals surface area contributed by atoms with E-state index >= 15 is 0 Å². The Hall–Kier alpha value is -3.67. The van der Waals surface area contributed by atoms with Crippen LogP contribution < -0.4 is 27.4 Å². The number of aliphatic carboxylic acids is 1. The summed E-state index contributed by atoms with van der Waals surface area (Å²) in [5.41, 5.74) is 11.9. The van der Waals surface area contributed by atoms with E-state index in [4.69, 9.17) is 11.5 Å². The number of amides is 4. The van der Waals surface area contributed by atoms with Gasteiger partial charge in [-0.15, -0.1) is 0 Å². The van der Waals surface area contributed by atoms with Gasteiger partial charge >= 0.3 is 5.97 Å². The van der Waals surface area contributed by atoms with Crippen LogP contribution in [0.25, 0.3) is 0 Å². The number of carboxylic acids is 1. The van der Waals surface area contributed by atoms with Gasteiger partial charge in [-0.05, 0) is 55.2 Å². The first kappa shape index (κ1) is 32.4. The number of primary amides is 1. The number of hydrogen-bond acceptors (Lipinski definition) is 7. The molecule has 12 nitrogen and oxygen atoms in total. The summed E-state index contributed by atoms with van der Waals surface area (Å²) in [7, 11) is 0. The Labute approximate surface area is 222 Å². The number of nitrogens with one attached hydrogen (secondary N) is 3. The number of carbonyl (C=O) groups is 5. The predicted molar refractivity (Wildman–Crippen MR) is 141 cm³/mol. The van der Waals surface area contributed by atoms with Gasteiger partial charge < -0.3 is 37.6 Å². The number of hydrogen-bond donors (Lipinski definition) is 7. The van der Waals surface area contributed by atoms with Gasteiger partial charge in [-0.3, -0.25) is 19.2 Å². The molecule has 4 amide bonds. The Balaban J connectivity index is 2.96. The first-order valence-corrected chi connectivity index (χ1v) is 12.6. The maximum atomic E-state index is 13.2. The van der Waals surface area contributed by atoms with Crippen LogP contribution in [0.15, 0.2) is 24.3 Å². The van der Waals surface area contributed by atoms with Gasteiger partial charge in [0, 0.05) is 6.42 Å². The summed E-state index contributed by atoms with van der Waals surface area (Å²) in [5.74, 6) is -3.84. The van der Waals surface area contributed by atoms with Gasteiger partial charge in [0.2, 0.25) is 23.6 Å². The highest BCUT2D eigenvalue weighted by molar-refractivity contribution is 5.94. The number of phenolic OH excluding ortho intramolecular Hbond substituents is 1. The zero-order valence-electron chi connectivity index (χ0n) is 22.4. The molecule has 0 spiro atoms. The molecule has 1 rings (SSSR count). The quantitative estimate of drug-likeness (QED) is 0.154. The minimum Gasteiger partial charge on any atom is -0.508 e. The number of phenols is 1. The number of aromatic hydroxyl groups is 1. The normalized spacial score (nSPS) is 14.3. The summed E-state index contributed by atoms with van der Waals surface area (Å²) in [4.78, 5) is 61.6. The molecule has 1 aromatic rings. The van der Waals surface area contributed by atoms with Crippen molar-refractivity contribution in [2.24, 2.45) is 23.3 Å². The molecule has 4 unspecified atom stereocenters. The standard InChI is InChI=1S/C26H41N5O7/c1-14(2)11-20(30-23(34)18(27)13-16-5-7-17(32)8-6-16)25(36)31-21(12-15(3)4)24(35)29-19(26(37)38)9-10-22(28)33/h5-8,14-15,18-21,32H,9-13,27H2,1-4H3,(H2,28,33)(H,29,35)(H,30,34)(H,31,36)(H,37,38). The molecular weight excluding hydrogens is 494 g/mol. The molecule has 0 aliphatic heterocycles. The maximum absolute atomic E-state index is 13.2. The van der Waals surface area contributed by atoms with E-state index in [2.05, 4.69) is 16.0 Å². The van der Waals surface area contributed by atoms with Gasteiger partial charge in [0.1, 0.15) is 23.9 Å². The molecule has 0 saturated heterocycles. The van der Waals surface area contributed by atoms with Crippen molar-refractivity contribution in [3.8, 4) is 5.75 Å². The maximum Gasteiger partial charge on any atom is 0.326 e. The third-order valence-electron chi connectivity index (χ3n) is 5.70.